The molecule has 0 spiro atoms. The second-order valence-electron chi connectivity index (χ2n) is 4.35. The van der Waals surface area contributed by atoms with Crippen molar-refractivity contribution in [1.82, 2.24) is 0 Å². The third-order valence-corrected chi connectivity index (χ3v) is 3.85. The van der Waals surface area contributed by atoms with E-state index in [2.05, 4.69) is 5.10 Å². The summed E-state index contributed by atoms with van der Waals surface area (Å²) in [6.45, 7) is 1.52. The summed E-state index contributed by atoms with van der Waals surface area (Å²) >= 11 is 0. The maximum absolute atomic E-state index is 11.8. The predicted molar refractivity (Wildman–Crippen MR) is 72.6 cm³/mol. The number of benzene rings is 1. The van der Waals surface area contributed by atoms with Crippen molar-refractivity contribution in [2.75, 3.05) is 10.7 Å². The maximum atomic E-state index is 11.8. The molecule has 1 heterocycles. The van der Waals surface area contributed by atoms with Crippen molar-refractivity contribution in [3.63, 3.8) is 0 Å². The zero-order valence-electron chi connectivity index (χ0n) is 10.8. The number of hydrazone groups is 1. The van der Waals surface area contributed by atoms with Gasteiger partial charge in [0.1, 0.15) is 4.90 Å². The van der Waals surface area contributed by atoms with Crippen molar-refractivity contribution in [3.8, 4) is 0 Å². The van der Waals surface area contributed by atoms with Crippen LogP contribution in [0, 0.1) is 6.92 Å². The molecule has 2 rings (SSSR count). The number of hydrogen-bond acceptors (Lipinski definition) is 6. The van der Waals surface area contributed by atoms with Crippen molar-refractivity contribution in [1.29, 1.82) is 0 Å². The quantitative estimate of drug-likeness (QED) is 0.525. The fraction of sp³-hybridized carbons (Fsp3) is 0.182. The summed E-state index contributed by atoms with van der Waals surface area (Å²) in [6, 6.07) is 2.65. The molecule has 1 aromatic carbocycles. The number of carbonyl (C=O) groups is 2. The Kier molecular flexibility index (Phi) is 3.43. The van der Waals surface area contributed by atoms with Crippen LogP contribution in [-0.2, 0) is 19.7 Å². The molecule has 0 bridgehead atoms. The second kappa shape index (κ2) is 4.82. The Balaban J connectivity index is 2.69. The van der Waals surface area contributed by atoms with E-state index in [1.807, 2.05) is 0 Å². The molecule has 112 valence electrons. The van der Waals surface area contributed by atoms with Crippen LogP contribution in [0.4, 0.5) is 11.4 Å². The molecule has 4 N–H and O–H groups in total. The average molecular weight is 313 g/mol. The molecule has 0 aliphatic carbocycles. The van der Waals surface area contributed by atoms with E-state index in [1.54, 1.807) is 0 Å². The van der Waals surface area contributed by atoms with Crippen LogP contribution in [-0.4, -0.2) is 35.7 Å². The van der Waals surface area contributed by atoms with Crippen LogP contribution in [0.3, 0.4) is 0 Å². The van der Waals surface area contributed by atoms with E-state index in [0.29, 0.717) is 10.6 Å². The van der Waals surface area contributed by atoms with Gasteiger partial charge in [-0.25, -0.2) is 4.79 Å². The topological polar surface area (TPSA) is 150 Å². The molecule has 0 saturated heterocycles. The zero-order chi connectivity index (χ0) is 15.9. The first kappa shape index (κ1) is 14.9. The summed E-state index contributed by atoms with van der Waals surface area (Å²) in [5, 5.41) is 13.0. The smallest absolute Gasteiger partial charge is 0.352 e. The molecule has 1 aromatic rings. The molecule has 10 heteroatoms. The van der Waals surface area contributed by atoms with Gasteiger partial charge in [-0.3, -0.25) is 9.35 Å². The van der Waals surface area contributed by atoms with E-state index in [1.165, 1.54) is 19.1 Å². The summed E-state index contributed by atoms with van der Waals surface area (Å²) in [6.07, 6.45) is -0.478. The van der Waals surface area contributed by atoms with Gasteiger partial charge < -0.3 is 10.8 Å². The number of nitrogens with two attached hydrogens (primary N) is 1. The highest BCUT2D eigenvalue weighted by Crippen LogP contribution is 2.34. The number of carbonyl (C=O) groups excluding carboxylic acids is 1. The minimum atomic E-state index is -4.72. The van der Waals surface area contributed by atoms with Gasteiger partial charge in [-0.15, -0.1) is 0 Å². The Morgan fingerprint density at radius 2 is 2.05 bits per heavy atom. The lowest BCUT2D eigenvalue weighted by Gasteiger charge is -2.17. The summed E-state index contributed by atoms with van der Waals surface area (Å²) in [5.74, 6) is -2.13. The molecular weight excluding hydrogens is 302 g/mol. The van der Waals surface area contributed by atoms with Crippen molar-refractivity contribution in [3.05, 3.63) is 17.7 Å². The molecule has 0 atom stereocenters. The molecule has 0 unspecified atom stereocenters. The molecule has 0 aromatic heterocycles. The van der Waals surface area contributed by atoms with Gasteiger partial charge in [0.05, 0.1) is 17.8 Å². The van der Waals surface area contributed by atoms with Gasteiger partial charge in [0.2, 0.25) is 0 Å². The van der Waals surface area contributed by atoms with Gasteiger partial charge in [-0.05, 0) is 18.6 Å². The third kappa shape index (κ3) is 2.58. The SMILES string of the molecule is Cc1ccc(N2N=C(C(=O)O)CC2=O)c(S(=O)(=O)O)c1N. The molecule has 0 fully saturated rings. The van der Waals surface area contributed by atoms with Crippen LogP contribution >= 0.6 is 0 Å². The standard InChI is InChI=1S/C11H11N3O6S/c1-5-2-3-7(10(9(5)12)21(18,19)20)14-8(15)4-6(13-14)11(16)17/h2-3H,4,12H2,1H3,(H,16,17)(H,18,19,20). The molecule has 9 nitrogen and oxygen atoms in total. The minimum Gasteiger partial charge on any atom is -0.477 e. The number of carboxylic acids is 1. The van der Waals surface area contributed by atoms with Crippen LogP contribution in [0.25, 0.3) is 0 Å². The third-order valence-electron chi connectivity index (χ3n) is 2.90. The lowest BCUT2D eigenvalue weighted by Crippen LogP contribution is -2.23. The predicted octanol–water partition coefficient (Wildman–Crippen LogP) is 0.00122. The fourth-order valence-electron chi connectivity index (χ4n) is 1.86. The Labute approximate surface area is 119 Å². The van der Waals surface area contributed by atoms with Crippen molar-refractivity contribution < 1.29 is 27.7 Å². The first-order chi connectivity index (χ1) is 9.62. The number of hydrogen-bond donors (Lipinski definition) is 3. The van der Waals surface area contributed by atoms with Crippen LogP contribution < -0.4 is 10.7 Å². The van der Waals surface area contributed by atoms with Gasteiger partial charge in [0.25, 0.3) is 16.0 Å². The first-order valence-corrected chi connectivity index (χ1v) is 7.07. The first-order valence-electron chi connectivity index (χ1n) is 5.63. The highest BCUT2D eigenvalue weighted by atomic mass is 32.2. The Morgan fingerprint density at radius 1 is 1.43 bits per heavy atom. The fourth-order valence-corrected chi connectivity index (χ4v) is 2.72. The highest BCUT2D eigenvalue weighted by Gasteiger charge is 2.33. The molecule has 1 amide bonds. The largest absolute Gasteiger partial charge is 0.477 e. The molecule has 0 radical (unpaired) electrons. The van der Waals surface area contributed by atoms with E-state index in [-0.39, 0.29) is 11.4 Å². The molecule has 0 saturated carbocycles. The van der Waals surface area contributed by atoms with E-state index < -0.39 is 39.0 Å². The van der Waals surface area contributed by atoms with E-state index in [0.717, 1.165) is 0 Å². The number of aryl methyl sites for hydroxylation is 1. The van der Waals surface area contributed by atoms with Gasteiger partial charge in [-0.1, -0.05) is 6.07 Å². The Hall–Kier alpha value is -2.46. The number of carboxylic acid groups (broad SMARTS) is 1. The summed E-state index contributed by atoms with van der Waals surface area (Å²) in [4.78, 5) is 21.9. The molecular formula is C11H11N3O6S. The van der Waals surface area contributed by atoms with E-state index >= 15 is 0 Å². The highest BCUT2D eigenvalue weighted by molar-refractivity contribution is 7.86. The van der Waals surface area contributed by atoms with Gasteiger partial charge >= 0.3 is 5.97 Å². The van der Waals surface area contributed by atoms with Gasteiger partial charge in [0, 0.05) is 0 Å². The lowest BCUT2D eigenvalue weighted by atomic mass is 10.2. The number of rotatable bonds is 3. The molecule has 1 aliphatic rings. The summed E-state index contributed by atoms with van der Waals surface area (Å²) < 4.78 is 32.2. The number of nitrogens with zero attached hydrogens (tertiary/aromatic N) is 2. The number of amides is 1. The van der Waals surface area contributed by atoms with Gasteiger partial charge in [0.15, 0.2) is 5.71 Å². The number of aliphatic carboxylic acids is 1. The normalized spacial score (nSPS) is 15.2. The molecule has 21 heavy (non-hydrogen) atoms. The number of anilines is 2. The van der Waals surface area contributed by atoms with Crippen LogP contribution in [0.2, 0.25) is 0 Å². The van der Waals surface area contributed by atoms with E-state index in [9.17, 15) is 22.6 Å². The maximum Gasteiger partial charge on any atom is 0.352 e. The average Bonchev–Trinajstić information content (AvgIpc) is 2.73. The van der Waals surface area contributed by atoms with Crippen LogP contribution in [0.5, 0.6) is 0 Å². The zero-order valence-corrected chi connectivity index (χ0v) is 11.6. The van der Waals surface area contributed by atoms with Crippen molar-refractivity contribution in [2.45, 2.75) is 18.2 Å². The monoisotopic (exact) mass is 313 g/mol. The second-order valence-corrected chi connectivity index (χ2v) is 5.71. The van der Waals surface area contributed by atoms with Gasteiger partial charge in [-0.2, -0.15) is 18.5 Å². The summed E-state index contributed by atoms with van der Waals surface area (Å²) in [7, 11) is -4.72. The Bertz CT molecular complexity index is 783. The van der Waals surface area contributed by atoms with Crippen LogP contribution in [0.15, 0.2) is 22.1 Å². The number of nitrogen functional groups attached to an aromatic ring is 1. The van der Waals surface area contributed by atoms with E-state index in [4.69, 9.17) is 10.8 Å². The molecule has 1 aliphatic heterocycles. The Morgan fingerprint density at radius 3 is 2.52 bits per heavy atom. The van der Waals surface area contributed by atoms with Crippen molar-refractivity contribution in [2.24, 2.45) is 5.10 Å². The van der Waals surface area contributed by atoms with Crippen LogP contribution in [0.1, 0.15) is 12.0 Å². The summed E-state index contributed by atoms with van der Waals surface area (Å²) in [5.41, 5.74) is 5.06. The minimum absolute atomic E-state index is 0.234. The van der Waals surface area contributed by atoms with Crippen molar-refractivity contribution >= 4 is 39.1 Å². The lowest BCUT2D eigenvalue weighted by molar-refractivity contribution is -0.129.